The Balaban J connectivity index is 1.67. The minimum atomic E-state index is -0.0966. The summed E-state index contributed by atoms with van der Waals surface area (Å²) in [6.07, 6.45) is 1.28. The summed E-state index contributed by atoms with van der Waals surface area (Å²) in [4.78, 5) is 12.3. The van der Waals surface area contributed by atoms with Gasteiger partial charge in [0.25, 0.3) is 0 Å². The predicted octanol–water partition coefficient (Wildman–Crippen LogP) is 4.57. The molecule has 0 aromatic heterocycles. The van der Waals surface area contributed by atoms with Crippen LogP contribution >= 0.6 is 23.2 Å². The van der Waals surface area contributed by atoms with Gasteiger partial charge in [-0.25, -0.2) is 0 Å². The third-order valence-corrected chi connectivity index (χ3v) is 4.94. The number of hydrogen-bond acceptors (Lipinski definition) is 3. The fourth-order valence-corrected chi connectivity index (χ4v) is 3.32. The van der Waals surface area contributed by atoms with Crippen molar-refractivity contribution in [1.29, 1.82) is 0 Å². The van der Waals surface area contributed by atoms with Gasteiger partial charge in [0, 0.05) is 24.1 Å². The first-order chi connectivity index (χ1) is 12.5. The van der Waals surface area contributed by atoms with E-state index in [2.05, 4.69) is 5.32 Å². The molecule has 0 radical (unpaired) electrons. The van der Waals surface area contributed by atoms with E-state index in [9.17, 15) is 4.79 Å². The van der Waals surface area contributed by atoms with E-state index in [4.69, 9.17) is 32.7 Å². The Hall–Kier alpha value is -1.91. The number of halogens is 2. The van der Waals surface area contributed by atoms with Gasteiger partial charge in [-0.1, -0.05) is 29.3 Å². The standard InChI is InChI=1S/C20H21Cl2NO3/c1-3-25-18-9-14-6-12(2)26-19(14)10-15(18)11-23-20(24)8-13-4-5-16(21)17(22)7-13/h4-5,7,9-10,12H,3,6,8,11H2,1-2H3,(H,23,24)/t12-/m1/s1. The van der Waals surface area contributed by atoms with Crippen LogP contribution in [0.3, 0.4) is 0 Å². The highest BCUT2D eigenvalue weighted by atomic mass is 35.5. The molecular weight excluding hydrogens is 373 g/mol. The average molecular weight is 394 g/mol. The quantitative estimate of drug-likeness (QED) is 0.781. The van der Waals surface area contributed by atoms with Crippen molar-refractivity contribution in [3.63, 3.8) is 0 Å². The number of ether oxygens (including phenoxy) is 2. The largest absolute Gasteiger partial charge is 0.494 e. The summed E-state index contributed by atoms with van der Waals surface area (Å²) in [5, 5.41) is 3.85. The van der Waals surface area contributed by atoms with Crippen molar-refractivity contribution in [3.8, 4) is 11.5 Å². The maximum Gasteiger partial charge on any atom is 0.224 e. The second-order valence-corrected chi connectivity index (χ2v) is 7.15. The topological polar surface area (TPSA) is 47.6 Å². The van der Waals surface area contributed by atoms with Gasteiger partial charge in [0.15, 0.2) is 0 Å². The predicted molar refractivity (Wildman–Crippen MR) is 103 cm³/mol. The Morgan fingerprint density at radius 3 is 2.81 bits per heavy atom. The lowest BCUT2D eigenvalue weighted by molar-refractivity contribution is -0.120. The summed E-state index contributed by atoms with van der Waals surface area (Å²) in [6.45, 7) is 4.93. The molecular formula is C20H21Cl2NO3. The Morgan fingerprint density at radius 1 is 1.27 bits per heavy atom. The Bertz CT molecular complexity index is 823. The second-order valence-electron chi connectivity index (χ2n) is 6.34. The molecule has 0 aliphatic carbocycles. The smallest absolute Gasteiger partial charge is 0.224 e. The van der Waals surface area contributed by atoms with Gasteiger partial charge < -0.3 is 14.8 Å². The van der Waals surface area contributed by atoms with Crippen LogP contribution in [-0.2, 0) is 24.2 Å². The molecule has 0 saturated heterocycles. The fourth-order valence-electron chi connectivity index (χ4n) is 3.00. The first kappa shape index (κ1) is 18.9. The molecule has 1 N–H and O–H groups in total. The molecule has 2 aromatic rings. The van der Waals surface area contributed by atoms with E-state index in [-0.39, 0.29) is 18.4 Å². The first-order valence-electron chi connectivity index (χ1n) is 8.62. The summed E-state index contributed by atoms with van der Waals surface area (Å²) in [5.41, 5.74) is 2.86. The van der Waals surface area contributed by atoms with Crippen LogP contribution in [0.25, 0.3) is 0 Å². The highest BCUT2D eigenvalue weighted by Crippen LogP contribution is 2.35. The van der Waals surface area contributed by atoms with Gasteiger partial charge in [-0.05, 0) is 43.7 Å². The fraction of sp³-hybridized carbons (Fsp3) is 0.350. The maximum absolute atomic E-state index is 12.3. The lowest BCUT2D eigenvalue weighted by atomic mass is 10.1. The molecule has 26 heavy (non-hydrogen) atoms. The van der Waals surface area contributed by atoms with Gasteiger partial charge in [-0.2, -0.15) is 0 Å². The molecule has 2 aromatic carbocycles. The first-order valence-corrected chi connectivity index (χ1v) is 9.37. The van der Waals surface area contributed by atoms with Crippen LogP contribution in [0.5, 0.6) is 11.5 Å². The van der Waals surface area contributed by atoms with Crippen molar-refractivity contribution < 1.29 is 14.3 Å². The minimum Gasteiger partial charge on any atom is -0.494 e. The number of rotatable bonds is 6. The Labute approximate surface area is 163 Å². The van der Waals surface area contributed by atoms with Crippen LogP contribution in [-0.4, -0.2) is 18.6 Å². The number of amides is 1. The van der Waals surface area contributed by atoms with E-state index in [1.54, 1.807) is 18.2 Å². The number of carbonyl (C=O) groups excluding carboxylic acids is 1. The lowest BCUT2D eigenvalue weighted by Gasteiger charge is -2.13. The molecule has 0 unspecified atom stereocenters. The third kappa shape index (κ3) is 4.43. The van der Waals surface area contributed by atoms with Crippen molar-refractivity contribution in [1.82, 2.24) is 5.32 Å². The number of nitrogens with one attached hydrogen (secondary N) is 1. The van der Waals surface area contributed by atoms with Gasteiger partial charge in [-0.15, -0.1) is 0 Å². The third-order valence-electron chi connectivity index (χ3n) is 4.20. The van der Waals surface area contributed by atoms with Crippen molar-refractivity contribution in [2.24, 2.45) is 0 Å². The molecule has 4 nitrogen and oxygen atoms in total. The van der Waals surface area contributed by atoms with Crippen LogP contribution in [0.1, 0.15) is 30.5 Å². The molecule has 6 heteroatoms. The summed E-state index contributed by atoms with van der Waals surface area (Å²) in [5.74, 6) is 1.56. The van der Waals surface area contributed by atoms with E-state index in [1.165, 1.54) is 0 Å². The normalized spacial score (nSPS) is 15.3. The van der Waals surface area contributed by atoms with Crippen LogP contribution < -0.4 is 14.8 Å². The Kier molecular flexibility index (Phi) is 5.94. The van der Waals surface area contributed by atoms with Crippen LogP contribution in [0.15, 0.2) is 30.3 Å². The number of benzene rings is 2. The van der Waals surface area contributed by atoms with Crippen molar-refractivity contribution in [2.75, 3.05) is 6.61 Å². The molecule has 0 saturated carbocycles. The average Bonchev–Trinajstić information content (AvgIpc) is 2.95. The SMILES string of the molecule is CCOc1cc2c(cc1CNC(=O)Cc1ccc(Cl)c(Cl)c1)O[C@H](C)C2. The molecule has 1 heterocycles. The molecule has 1 amide bonds. The van der Waals surface area contributed by atoms with Crippen molar-refractivity contribution >= 4 is 29.1 Å². The van der Waals surface area contributed by atoms with Crippen LogP contribution in [0.4, 0.5) is 0 Å². The zero-order chi connectivity index (χ0) is 18.7. The van der Waals surface area contributed by atoms with E-state index >= 15 is 0 Å². The van der Waals surface area contributed by atoms with Crippen molar-refractivity contribution in [2.45, 2.75) is 39.3 Å². The zero-order valence-electron chi connectivity index (χ0n) is 14.8. The highest BCUT2D eigenvalue weighted by molar-refractivity contribution is 6.42. The van der Waals surface area contributed by atoms with E-state index < -0.39 is 0 Å². The maximum atomic E-state index is 12.3. The number of fused-ring (bicyclic) bond motifs is 1. The Morgan fingerprint density at radius 2 is 2.08 bits per heavy atom. The van der Waals surface area contributed by atoms with E-state index in [0.29, 0.717) is 23.2 Å². The van der Waals surface area contributed by atoms with E-state index in [0.717, 1.165) is 34.6 Å². The monoisotopic (exact) mass is 393 g/mol. The van der Waals surface area contributed by atoms with Gasteiger partial charge in [-0.3, -0.25) is 4.79 Å². The summed E-state index contributed by atoms with van der Waals surface area (Å²) < 4.78 is 11.6. The van der Waals surface area contributed by atoms with Gasteiger partial charge in [0.1, 0.15) is 17.6 Å². The van der Waals surface area contributed by atoms with Crippen LogP contribution in [0, 0.1) is 0 Å². The second kappa shape index (κ2) is 8.19. The number of carbonyl (C=O) groups is 1. The molecule has 3 rings (SSSR count). The highest BCUT2D eigenvalue weighted by Gasteiger charge is 2.22. The molecule has 0 bridgehead atoms. The van der Waals surface area contributed by atoms with Gasteiger partial charge >= 0.3 is 0 Å². The van der Waals surface area contributed by atoms with Gasteiger partial charge in [0.05, 0.1) is 23.1 Å². The van der Waals surface area contributed by atoms with E-state index in [1.807, 2.05) is 26.0 Å². The summed E-state index contributed by atoms with van der Waals surface area (Å²) >= 11 is 11.9. The number of hydrogen-bond donors (Lipinski definition) is 1. The molecule has 1 atom stereocenters. The zero-order valence-corrected chi connectivity index (χ0v) is 16.3. The van der Waals surface area contributed by atoms with Crippen LogP contribution in [0.2, 0.25) is 10.0 Å². The van der Waals surface area contributed by atoms with Gasteiger partial charge in [0.2, 0.25) is 5.91 Å². The molecule has 0 fully saturated rings. The molecule has 1 aliphatic rings. The molecule has 1 aliphatic heterocycles. The summed E-state index contributed by atoms with van der Waals surface area (Å²) in [6, 6.07) is 9.18. The minimum absolute atomic E-state index is 0.0966. The lowest BCUT2D eigenvalue weighted by Crippen LogP contribution is -2.24. The van der Waals surface area contributed by atoms with Crippen molar-refractivity contribution in [3.05, 3.63) is 57.1 Å². The molecule has 0 spiro atoms. The molecule has 138 valence electrons. The summed E-state index contributed by atoms with van der Waals surface area (Å²) in [7, 11) is 0.